The minimum atomic E-state index is 0.168. The maximum absolute atomic E-state index is 12.7. The summed E-state index contributed by atoms with van der Waals surface area (Å²) in [7, 11) is 3.21. The van der Waals surface area contributed by atoms with Crippen LogP contribution in [0.15, 0.2) is 42.1 Å². The molecule has 1 unspecified atom stereocenters. The van der Waals surface area contributed by atoms with Crippen molar-refractivity contribution in [3.63, 3.8) is 0 Å². The first-order valence-corrected chi connectivity index (χ1v) is 9.25. The molecule has 0 radical (unpaired) electrons. The van der Waals surface area contributed by atoms with Crippen molar-refractivity contribution in [2.24, 2.45) is 5.92 Å². The van der Waals surface area contributed by atoms with Gasteiger partial charge < -0.3 is 24.0 Å². The highest BCUT2D eigenvalue weighted by Gasteiger charge is 2.35. The van der Waals surface area contributed by atoms with Crippen LogP contribution in [0, 0.1) is 11.1 Å². The van der Waals surface area contributed by atoms with Crippen molar-refractivity contribution >= 4 is 6.21 Å². The molecule has 1 aromatic carbocycles. The Kier molecular flexibility index (Phi) is 4.79. The Morgan fingerprint density at radius 2 is 1.96 bits per heavy atom. The Morgan fingerprint density at radius 3 is 2.70 bits per heavy atom. The summed E-state index contributed by atoms with van der Waals surface area (Å²) in [5, 5.41) is 12.7. The van der Waals surface area contributed by atoms with Crippen LogP contribution in [0.5, 0.6) is 17.4 Å². The van der Waals surface area contributed by atoms with Crippen molar-refractivity contribution in [3.05, 3.63) is 58.6 Å². The summed E-state index contributed by atoms with van der Waals surface area (Å²) in [6.45, 7) is 1.07. The molecule has 1 atom stereocenters. The SMILES string of the molecule is COc1c(OCc2ccccc2)c(OC)n2c1C=[N+]([O-])C1=CCCCC1C2. The number of allylic oxidation sites excluding steroid dienone is 2. The van der Waals surface area contributed by atoms with Crippen LogP contribution in [0.3, 0.4) is 0 Å². The predicted molar refractivity (Wildman–Crippen MR) is 103 cm³/mol. The molecule has 0 N–H and O–H groups in total. The summed E-state index contributed by atoms with van der Waals surface area (Å²) in [6, 6.07) is 9.93. The van der Waals surface area contributed by atoms with Crippen LogP contribution in [0.2, 0.25) is 0 Å². The van der Waals surface area contributed by atoms with E-state index < -0.39 is 0 Å². The van der Waals surface area contributed by atoms with Gasteiger partial charge in [-0.3, -0.25) is 0 Å². The monoisotopic (exact) mass is 368 g/mol. The van der Waals surface area contributed by atoms with Crippen molar-refractivity contribution in [3.8, 4) is 17.4 Å². The second-order valence-electron chi connectivity index (χ2n) is 6.85. The second-order valence-corrected chi connectivity index (χ2v) is 6.85. The number of hydrogen-bond acceptors (Lipinski definition) is 4. The zero-order chi connectivity index (χ0) is 18.8. The average Bonchev–Trinajstić information content (AvgIpc) is 2.89. The van der Waals surface area contributed by atoms with Gasteiger partial charge in [0.1, 0.15) is 6.61 Å². The molecule has 2 aromatic rings. The van der Waals surface area contributed by atoms with Gasteiger partial charge in [-0.2, -0.15) is 4.74 Å². The number of rotatable bonds is 5. The number of benzene rings is 1. The van der Waals surface area contributed by atoms with E-state index >= 15 is 0 Å². The van der Waals surface area contributed by atoms with Crippen LogP contribution < -0.4 is 14.2 Å². The molecule has 27 heavy (non-hydrogen) atoms. The van der Waals surface area contributed by atoms with Gasteiger partial charge in [-0.15, -0.1) is 0 Å². The van der Waals surface area contributed by atoms with Crippen molar-refractivity contribution in [1.82, 2.24) is 4.57 Å². The first-order chi connectivity index (χ1) is 13.2. The van der Waals surface area contributed by atoms with Gasteiger partial charge in [0.15, 0.2) is 17.1 Å². The highest BCUT2D eigenvalue weighted by atomic mass is 16.5. The highest BCUT2D eigenvalue weighted by molar-refractivity contribution is 5.83. The summed E-state index contributed by atoms with van der Waals surface area (Å²) < 4.78 is 20.4. The minimum absolute atomic E-state index is 0.168. The number of hydroxylamine groups is 1. The fraction of sp³-hybridized carbons (Fsp3) is 0.381. The summed E-state index contributed by atoms with van der Waals surface area (Å²) in [4.78, 5) is 0. The minimum Gasteiger partial charge on any atom is -0.618 e. The molecule has 2 heterocycles. The van der Waals surface area contributed by atoms with E-state index in [1.54, 1.807) is 20.4 Å². The van der Waals surface area contributed by atoms with E-state index in [-0.39, 0.29) is 5.92 Å². The third-order valence-corrected chi connectivity index (χ3v) is 5.22. The van der Waals surface area contributed by atoms with Crippen LogP contribution in [0.1, 0.15) is 30.5 Å². The fourth-order valence-electron chi connectivity index (χ4n) is 3.92. The van der Waals surface area contributed by atoms with Crippen LogP contribution in [0.25, 0.3) is 0 Å². The maximum atomic E-state index is 12.7. The maximum Gasteiger partial charge on any atom is 0.241 e. The molecule has 6 nitrogen and oxygen atoms in total. The molecule has 0 fully saturated rings. The van der Waals surface area contributed by atoms with Crippen molar-refractivity contribution in [1.29, 1.82) is 0 Å². The molecule has 2 aliphatic rings. The topological polar surface area (TPSA) is 58.7 Å². The Hall–Kier alpha value is -2.89. The molecule has 1 aliphatic heterocycles. The van der Waals surface area contributed by atoms with Crippen molar-refractivity contribution < 1.29 is 18.9 Å². The summed E-state index contributed by atoms with van der Waals surface area (Å²) in [5.74, 6) is 1.82. The van der Waals surface area contributed by atoms with Gasteiger partial charge in [0.25, 0.3) is 0 Å². The Bertz CT molecular complexity index is 883. The smallest absolute Gasteiger partial charge is 0.241 e. The molecule has 1 aliphatic carbocycles. The summed E-state index contributed by atoms with van der Waals surface area (Å²) in [5.41, 5.74) is 2.57. The quantitative estimate of drug-likeness (QED) is 0.596. The fourth-order valence-corrected chi connectivity index (χ4v) is 3.92. The summed E-state index contributed by atoms with van der Waals surface area (Å²) >= 11 is 0. The van der Waals surface area contributed by atoms with E-state index in [4.69, 9.17) is 14.2 Å². The van der Waals surface area contributed by atoms with Crippen LogP contribution >= 0.6 is 0 Å². The predicted octanol–water partition coefficient (Wildman–Crippen LogP) is 3.71. The van der Waals surface area contributed by atoms with Crippen molar-refractivity contribution in [2.45, 2.75) is 32.4 Å². The van der Waals surface area contributed by atoms with Crippen LogP contribution in [0.4, 0.5) is 0 Å². The molecular weight excluding hydrogens is 344 g/mol. The van der Waals surface area contributed by atoms with E-state index in [0.29, 0.717) is 36.2 Å². The molecular formula is C21H24N2O4. The number of ether oxygens (including phenoxy) is 3. The van der Waals surface area contributed by atoms with Gasteiger partial charge in [0.2, 0.25) is 17.8 Å². The van der Waals surface area contributed by atoms with Gasteiger partial charge in [-0.1, -0.05) is 30.3 Å². The lowest BCUT2D eigenvalue weighted by Gasteiger charge is -2.21. The molecule has 142 valence electrons. The Morgan fingerprint density at radius 1 is 1.15 bits per heavy atom. The number of hydrogen-bond donors (Lipinski definition) is 0. The molecule has 6 heteroatoms. The lowest BCUT2D eigenvalue weighted by Crippen LogP contribution is -2.19. The average molecular weight is 368 g/mol. The van der Waals surface area contributed by atoms with E-state index in [1.807, 2.05) is 34.9 Å². The Balaban J connectivity index is 1.76. The molecule has 4 rings (SSSR count). The zero-order valence-electron chi connectivity index (χ0n) is 15.7. The molecule has 0 saturated heterocycles. The normalized spacial score (nSPS) is 18.5. The molecule has 0 amide bonds. The largest absolute Gasteiger partial charge is 0.618 e. The Labute approximate surface area is 158 Å². The van der Waals surface area contributed by atoms with E-state index in [9.17, 15) is 5.21 Å². The summed E-state index contributed by atoms with van der Waals surface area (Å²) in [6.07, 6.45) is 6.66. The van der Waals surface area contributed by atoms with Gasteiger partial charge in [0, 0.05) is 6.54 Å². The van der Waals surface area contributed by atoms with E-state index in [2.05, 4.69) is 6.08 Å². The third kappa shape index (κ3) is 3.16. The number of fused-ring (bicyclic) bond motifs is 2. The van der Waals surface area contributed by atoms with E-state index in [0.717, 1.165) is 35.3 Å². The van der Waals surface area contributed by atoms with Gasteiger partial charge in [-0.25, -0.2) is 0 Å². The highest BCUT2D eigenvalue weighted by Crippen LogP contribution is 2.45. The molecule has 0 saturated carbocycles. The molecule has 0 bridgehead atoms. The standard InChI is InChI=1S/C21H24N2O4/c1-25-19-18-13-23(24)17-11-7-6-10-16(17)12-22(18)21(26-2)20(19)27-14-15-8-4-3-5-9-15/h3-5,8-9,11,13,16H,6-7,10,12,14H2,1-2H3. The second kappa shape index (κ2) is 7.39. The lowest BCUT2D eigenvalue weighted by atomic mass is 9.92. The van der Waals surface area contributed by atoms with E-state index in [1.165, 1.54) is 0 Å². The van der Waals surface area contributed by atoms with Crippen molar-refractivity contribution in [2.75, 3.05) is 14.2 Å². The van der Waals surface area contributed by atoms with Gasteiger partial charge >= 0.3 is 0 Å². The first-order valence-electron chi connectivity index (χ1n) is 9.25. The third-order valence-electron chi connectivity index (χ3n) is 5.22. The first kappa shape index (κ1) is 17.5. The van der Waals surface area contributed by atoms with Gasteiger partial charge in [0.05, 0.1) is 20.1 Å². The zero-order valence-corrected chi connectivity index (χ0v) is 15.7. The number of aromatic nitrogens is 1. The number of methoxy groups -OCH3 is 2. The van der Waals surface area contributed by atoms with Crippen LogP contribution in [-0.4, -0.2) is 29.7 Å². The molecule has 1 aromatic heterocycles. The lowest BCUT2D eigenvalue weighted by molar-refractivity contribution is -0.406. The molecule has 0 spiro atoms. The number of nitrogens with zero attached hydrogens (tertiary/aromatic N) is 2. The van der Waals surface area contributed by atoms with Gasteiger partial charge in [-0.05, 0) is 30.9 Å². The van der Waals surface area contributed by atoms with Crippen LogP contribution in [-0.2, 0) is 13.2 Å².